The van der Waals surface area contributed by atoms with Gasteiger partial charge in [0.1, 0.15) is 0 Å². The monoisotopic (exact) mass is 435 g/mol. The van der Waals surface area contributed by atoms with Gasteiger partial charge in [0.15, 0.2) is 5.16 Å². The predicted octanol–water partition coefficient (Wildman–Crippen LogP) is 4.66. The molecule has 8 heteroatoms. The first kappa shape index (κ1) is 20.9. The normalized spacial score (nSPS) is 11.1. The molecular weight excluding hydrogens is 414 g/mol. The van der Waals surface area contributed by atoms with E-state index in [1.165, 1.54) is 23.1 Å². The molecule has 5 nitrogen and oxygen atoms in total. The maximum absolute atomic E-state index is 12.9. The second-order valence-corrected chi connectivity index (χ2v) is 9.21. The number of thioether (sulfide) groups is 1. The summed E-state index contributed by atoms with van der Waals surface area (Å²) in [5.74, 6) is 0.214. The molecule has 1 amide bonds. The molecule has 0 saturated carbocycles. The third-order valence-electron chi connectivity index (χ3n) is 4.33. The molecule has 0 spiro atoms. The number of nitrogens with zero attached hydrogens (tertiary/aromatic N) is 3. The van der Waals surface area contributed by atoms with Crippen LogP contribution in [0.3, 0.4) is 0 Å². The number of carbonyl (C=O) groups is 1. The highest BCUT2D eigenvalue weighted by Crippen LogP contribution is 2.23. The van der Waals surface area contributed by atoms with Crippen LogP contribution in [-0.2, 0) is 17.9 Å². The summed E-state index contributed by atoms with van der Waals surface area (Å²) < 4.78 is 2.41. The molecule has 2 aromatic heterocycles. The SMILES string of the molecule is CCCCn1c(SCC(=O)N(C)Cc2ccc(Cl)s2)nc2ccccc2c1=O. The van der Waals surface area contributed by atoms with Crippen molar-refractivity contribution in [1.29, 1.82) is 0 Å². The standard InChI is InChI=1S/C20H22ClN3O2S2/c1-3-4-11-24-19(26)15-7-5-6-8-16(15)22-20(24)27-13-18(25)23(2)12-14-9-10-17(21)28-14/h5-10H,3-4,11-13H2,1-2H3. The third-order valence-corrected chi connectivity index (χ3v) is 6.51. The van der Waals surface area contributed by atoms with Gasteiger partial charge in [0.2, 0.25) is 5.91 Å². The van der Waals surface area contributed by atoms with E-state index in [0.717, 1.165) is 17.7 Å². The molecule has 0 radical (unpaired) electrons. The Bertz CT molecular complexity index is 1030. The first-order valence-corrected chi connectivity index (χ1v) is 11.3. The summed E-state index contributed by atoms with van der Waals surface area (Å²) in [6.45, 7) is 3.21. The molecule has 28 heavy (non-hydrogen) atoms. The number of hydrogen-bond acceptors (Lipinski definition) is 5. The fourth-order valence-electron chi connectivity index (χ4n) is 2.77. The summed E-state index contributed by atoms with van der Waals surface area (Å²) in [6, 6.07) is 11.1. The number of carbonyl (C=O) groups excluding carboxylic acids is 1. The van der Waals surface area contributed by atoms with E-state index >= 15 is 0 Å². The van der Waals surface area contributed by atoms with E-state index in [2.05, 4.69) is 11.9 Å². The Morgan fingerprint density at radius 1 is 1.29 bits per heavy atom. The van der Waals surface area contributed by atoms with Crippen molar-refractivity contribution >= 4 is 51.5 Å². The maximum Gasteiger partial charge on any atom is 0.262 e. The molecule has 0 saturated heterocycles. The number of fused-ring (bicyclic) bond motifs is 1. The zero-order valence-electron chi connectivity index (χ0n) is 15.9. The molecular formula is C20H22ClN3O2S2. The highest BCUT2D eigenvalue weighted by Gasteiger charge is 2.15. The van der Waals surface area contributed by atoms with Crippen LogP contribution in [0.25, 0.3) is 10.9 Å². The van der Waals surface area contributed by atoms with Gasteiger partial charge in [-0.05, 0) is 30.7 Å². The zero-order chi connectivity index (χ0) is 20.1. The fourth-order valence-corrected chi connectivity index (χ4v) is 4.87. The summed E-state index contributed by atoms with van der Waals surface area (Å²) >= 11 is 8.74. The number of unbranched alkanes of at least 4 members (excludes halogenated alkanes) is 1. The topological polar surface area (TPSA) is 55.2 Å². The summed E-state index contributed by atoms with van der Waals surface area (Å²) in [7, 11) is 1.77. The number of thiophene rings is 1. The van der Waals surface area contributed by atoms with E-state index in [1.807, 2.05) is 30.3 Å². The molecule has 148 valence electrons. The number of halogens is 1. The van der Waals surface area contributed by atoms with Crippen molar-refractivity contribution in [2.45, 2.75) is 38.0 Å². The number of benzene rings is 1. The van der Waals surface area contributed by atoms with Gasteiger partial charge in [0.25, 0.3) is 5.56 Å². The number of aromatic nitrogens is 2. The molecule has 3 aromatic rings. The largest absolute Gasteiger partial charge is 0.340 e. The van der Waals surface area contributed by atoms with Gasteiger partial charge in [-0.3, -0.25) is 14.2 Å². The van der Waals surface area contributed by atoms with Crippen molar-refractivity contribution in [2.24, 2.45) is 0 Å². The molecule has 0 aliphatic rings. The maximum atomic E-state index is 12.9. The molecule has 3 rings (SSSR count). The molecule has 0 aliphatic carbocycles. The second kappa shape index (κ2) is 9.58. The Balaban J connectivity index is 1.76. The van der Waals surface area contributed by atoms with E-state index in [-0.39, 0.29) is 17.2 Å². The van der Waals surface area contributed by atoms with Crippen LogP contribution in [0, 0.1) is 0 Å². The number of para-hydroxylation sites is 1. The quantitative estimate of drug-likeness (QED) is 0.381. The first-order chi connectivity index (χ1) is 13.5. The first-order valence-electron chi connectivity index (χ1n) is 9.10. The molecule has 0 atom stereocenters. The van der Waals surface area contributed by atoms with Crippen molar-refractivity contribution < 1.29 is 4.79 Å². The van der Waals surface area contributed by atoms with Crippen molar-refractivity contribution in [3.63, 3.8) is 0 Å². The van der Waals surface area contributed by atoms with Gasteiger partial charge in [-0.2, -0.15) is 0 Å². The van der Waals surface area contributed by atoms with Crippen LogP contribution in [0.1, 0.15) is 24.6 Å². The summed E-state index contributed by atoms with van der Waals surface area (Å²) in [4.78, 5) is 32.8. The fraction of sp³-hybridized carbons (Fsp3) is 0.350. The Kier molecular flexibility index (Phi) is 7.15. The van der Waals surface area contributed by atoms with E-state index in [9.17, 15) is 9.59 Å². The minimum absolute atomic E-state index is 0.0148. The van der Waals surface area contributed by atoms with Crippen molar-refractivity contribution in [3.8, 4) is 0 Å². The van der Waals surface area contributed by atoms with Crippen LogP contribution in [0.4, 0.5) is 0 Å². The third kappa shape index (κ3) is 4.96. The Morgan fingerprint density at radius 2 is 2.07 bits per heavy atom. The lowest BCUT2D eigenvalue weighted by molar-refractivity contribution is -0.127. The average molecular weight is 436 g/mol. The van der Waals surface area contributed by atoms with Gasteiger partial charge in [-0.15, -0.1) is 11.3 Å². The molecule has 0 aliphatic heterocycles. The van der Waals surface area contributed by atoms with Gasteiger partial charge in [0.05, 0.1) is 27.5 Å². The molecule has 0 unspecified atom stereocenters. The van der Waals surface area contributed by atoms with E-state index in [1.54, 1.807) is 22.6 Å². The second-order valence-electron chi connectivity index (χ2n) is 6.47. The molecule has 1 aromatic carbocycles. The van der Waals surface area contributed by atoms with E-state index in [0.29, 0.717) is 33.5 Å². The van der Waals surface area contributed by atoms with Crippen LogP contribution >= 0.6 is 34.7 Å². The smallest absolute Gasteiger partial charge is 0.262 e. The molecule has 2 heterocycles. The molecule has 0 fully saturated rings. The van der Waals surface area contributed by atoms with Crippen LogP contribution in [-0.4, -0.2) is 33.2 Å². The van der Waals surface area contributed by atoms with Gasteiger partial charge in [-0.25, -0.2) is 4.98 Å². The Labute approximate surface area is 177 Å². The van der Waals surface area contributed by atoms with Crippen LogP contribution in [0.5, 0.6) is 0 Å². The van der Waals surface area contributed by atoms with Crippen molar-refractivity contribution in [2.75, 3.05) is 12.8 Å². The lowest BCUT2D eigenvalue weighted by Crippen LogP contribution is -2.28. The number of rotatable bonds is 8. The lowest BCUT2D eigenvalue weighted by Gasteiger charge is -2.17. The van der Waals surface area contributed by atoms with Gasteiger partial charge in [-0.1, -0.05) is 48.8 Å². The highest BCUT2D eigenvalue weighted by molar-refractivity contribution is 7.99. The van der Waals surface area contributed by atoms with Gasteiger partial charge < -0.3 is 4.90 Å². The number of amides is 1. The van der Waals surface area contributed by atoms with Crippen molar-refractivity contribution in [1.82, 2.24) is 14.5 Å². The van der Waals surface area contributed by atoms with Gasteiger partial charge in [0, 0.05) is 18.5 Å². The Morgan fingerprint density at radius 3 is 2.79 bits per heavy atom. The molecule has 0 N–H and O–H groups in total. The van der Waals surface area contributed by atoms with Crippen LogP contribution in [0.15, 0.2) is 46.3 Å². The minimum Gasteiger partial charge on any atom is -0.340 e. The average Bonchev–Trinajstić information content (AvgIpc) is 3.10. The van der Waals surface area contributed by atoms with Gasteiger partial charge >= 0.3 is 0 Å². The Hall–Kier alpha value is -1.83. The highest BCUT2D eigenvalue weighted by atomic mass is 35.5. The minimum atomic E-state index is -0.0458. The predicted molar refractivity (Wildman–Crippen MR) is 117 cm³/mol. The van der Waals surface area contributed by atoms with Crippen LogP contribution < -0.4 is 5.56 Å². The summed E-state index contributed by atoms with van der Waals surface area (Å²) in [6.07, 6.45) is 1.87. The summed E-state index contributed by atoms with van der Waals surface area (Å²) in [5.41, 5.74) is 0.618. The lowest BCUT2D eigenvalue weighted by atomic mass is 10.2. The van der Waals surface area contributed by atoms with E-state index in [4.69, 9.17) is 11.6 Å². The number of hydrogen-bond donors (Lipinski definition) is 0. The molecule has 0 bridgehead atoms. The van der Waals surface area contributed by atoms with Crippen molar-refractivity contribution in [3.05, 3.63) is 56.0 Å². The zero-order valence-corrected chi connectivity index (χ0v) is 18.2. The van der Waals surface area contributed by atoms with E-state index < -0.39 is 0 Å². The van der Waals surface area contributed by atoms with Crippen LogP contribution in [0.2, 0.25) is 4.34 Å². The summed E-state index contributed by atoms with van der Waals surface area (Å²) in [5, 5.41) is 1.21.